The summed E-state index contributed by atoms with van der Waals surface area (Å²) in [6, 6.07) is 1.65. The van der Waals surface area contributed by atoms with Gasteiger partial charge in [-0.3, -0.25) is 19.2 Å². The summed E-state index contributed by atoms with van der Waals surface area (Å²) in [6.07, 6.45) is 0.0665. The Morgan fingerprint density at radius 2 is 1.82 bits per heavy atom. The second-order valence-corrected chi connectivity index (χ2v) is 14.0. The number of ether oxygens (including phenoxy) is 2. The Morgan fingerprint density at radius 3 is 2.38 bits per heavy atom. The summed E-state index contributed by atoms with van der Waals surface area (Å²) in [5.41, 5.74) is 3.61. The number of oxime groups is 1. The molecular formula is C31H44ClN5O8. The smallest absolute Gasteiger partial charge is 0.408 e. The van der Waals surface area contributed by atoms with Crippen LogP contribution in [-0.2, 0) is 28.8 Å². The van der Waals surface area contributed by atoms with Gasteiger partial charge in [-0.25, -0.2) is 4.79 Å². The highest BCUT2D eigenvalue weighted by molar-refractivity contribution is 6.37. The fourth-order valence-electron chi connectivity index (χ4n) is 5.42. The third kappa shape index (κ3) is 8.65. The molecule has 14 heteroatoms. The number of Topliss-reactive ketones (excluding diaryl/α,β-unsaturated/α-hetero) is 1. The van der Waals surface area contributed by atoms with Gasteiger partial charge in [0.25, 0.3) is 5.91 Å². The van der Waals surface area contributed by atoms with E-state index in [2.05, 4.69) is 15.8 Å². The van der Waals surface area contributed by atoms with Gasteiger partial charge in [0.15, 0.2) is 5.60 Å². The molecular weight excluding hydrogens is 606 g/mol. The maximum Gasteiger partial charge on any atom is 0.408 e. The first-order valence-electron chi connectivity index (χ1n) is 14.8. The maximum atomic E-state index is 14.3. The quantitative estimate of drug-likeness (QED) is 0.324. The van der Waals surface area contributed by atoms with Crippen molar-refractivity contribution in [3.8, 4) is 5.75 Å². The number of likely N-dealkylation sites (tertiary alicyclic amines) is 1. The number of carbonyl (C=O) groups excluding carboxylic acids is 5. The van der Waals surface area contributed by atoms with Crippen molar-refractivity contribution in [2.75, 3.05) is 13.7 Å². The van der Waals surface area contributed by atoms with Gasteiger partial charge in [-0.1, -0.05) is 50.9 Å². The highest BCUT2D eigenvalue weighted by atomic mass is 35.5. The molecule has 1 saturated heterocycles. The normalized spacial score (nSPS) is 21.0. The van der Waals surface area contributed by atoms with E-state index < -0.39 is 64.3 Å². The molecule has 1 fully saturated rings. The average molecular weight is 650 g/mol. The SMILES string of the molecule is CCC[C@H](NC(=O)[C@@H]1C[C@]2(CC(c3cc(Cl)ccc3OC)=NO2)CN1C(=O)[C@@H](NC(=O)OC(C)(C)C)C(C)(C)C)C(=O)C(N)=O. The van der Waals surface area contributed by atoms with Gasteiger partial charge in [0.1, 0.15) is 23.4 Å². The van der Waals surface area contributed by atoms with Gasteiger partial charge in [0.05, 0.1) is 25.4 Å². The molecule has 0 saturated carbocycles. The zero-order chi connectivity index (χ0) is 33.9. The number of alkyl carbamates (subject to hydrolysis) is 1. The molecule has 2 aliphatic rings. The molecule has 1 spiro atoms. The summed E-state index contributed by atoms with van der Waals surface area (Å²) in [5.74, 6) is -2.83. The monoisotopic (exact) mass is 649 g/mol. The van der Waals surface area contributed by atoms with E-state index in [1.54, 1.807) is 66.7 Å². The lowest BCUT2D eigenvalue weighted by Gasteiger charge is -2.36. The van der Waals surface area contributed by atoms with Gasteiger partial charge in [0.2, 0.25) is 17.6 Å². The molecule has 4 N–H and O–H groups in total. The van der Waals surface area contributed by atoms with E-state index in [1.165, 1.54) is 12.0 Å². The number of hydrogen-bond acceptors (Lipinski definition) is 9. The Kier molecular flexibility index (Phi) is 10.8. The van der Waals surface area contributed by atoms with Gasteiger partial charge in [0, 0.05) is 23.4 Å². The number of methoxy groups -OCH3 is 1. The number of ketones is 1. The van der Waals surface area contributed by atoms with Crippen molar-refractivity contribution in [2.45, 2.75) is 103 Å². The molecule has 13 nitrogen and oxygen atoms in total. The molecule has 4 atom stereocenters. The summed E-state index contributed by atoms with van der Waals surface area (Å²) in [4.78, 5) is 72.5. The molecule has 2 aliphatic heterocycles. The number of carbonyl (C=O) groups is 5. The van der Waals surface area contributed by atoms with Crippen molar-refractivity contribution >= 4 is 46.9 Å². The molecule has 45 heavy (non-hydrogen) atoms. The second kappa shape index (κ2) is 13.6. The number of halogens is 1. The lowest BCUT2D eigenvalue weighted by atomic mass is 9.85. The van der Waals surface area contributed by atoms with Gasteiger partial charge < -0.3 is 35.6 Å². The molecule has 1 aromatic carbocycles. The minimum absolute atomic E-state index is 0.00730. The zero-order valence-electron chi connectivity index (χ0n) is 27.1. The predicted molar refractivity (Wildman–Crippen MR) is 167 cm³/mol. The average Bonchev–Trinajstić information content (AvgIpc) is 3.52. The molecule has 0 aromatic heterocycles. The first-order valence-corrected chi connectivity index (χ1v) is 15.2. The number of amides is 4. The van der Waals surface area contributed by atoms with Crippen molar-refractivity contribution < 1.29 is 38.3 Å². The minimum Gasteiger partial charge on any atom is -0.496 e. The third-order valence-corrected chi connectivity index (χ3v) is 7.76. The summed E-state index contributed by atoms with van der Waals surface area (Å²) in [6.45, 7) is 12.2. The van der Waals surface area contributed by atoms with Crippen LogP contribution in [0.25, 0.3) is 0 Å². The highest BCUT2D eigenvalue weighted by Gasteiger charge is 2.56. The lowest BCUT2D eigenvalue weighted by Crippen LogP contribution is -2.59. The van der Waals surface area contributed by atoms with Crippen LogP contribution < -0.4 is 21.1 Å². The van der Waals surface area contributed by atoms with E-state index in [1.807, 2.05) is 0 Å². The Hall–Kier alpha value is -3.87. The van der Waals surface area contributed by atoms with Gasteiger partial charge in [-0.15, -0.1) is 0 Å². The molecule has 1 aromatic rings. The molecule has 0 bridgehead atoms. The third-order valence-electron chi connectivity index (χ3n) is 7.52. The van der Waals surface area contributed by atoms with Crippen molar-refractivity contribution in [1.82, 2.24) is 15.5 Å². The van der Waals surface area contributed by atoms with Crippen LogP contribution >= 0.6 is 11.6 Å². The molecule has 3 rings (SSSR count). The van der Waals surface area contributed by atoms with Crippen molar-refractivity contribution in [2.24, 2.45) is 16.3 Å². The predicted octanol–water partition coefficient (Wildman–Crippen LogP) is 3.09. The number of hydrogen-bond donors (Lipinski definition) is 3. The lowest BCUT2D eigenvalue weighted by molar-refractivity contribution is -0.143. The Labute approximate surface area is 268 Å². The maximum absolute atomic E-state index is 14.3. The first kappa shape index (κ1) is 35.6. The van der Waals surface area contributed by atoms with Crippen molar-refractivity contribution in [3.63, 3.8) is 0 Å². The molecule has 2 heterocycles. The minimum atomic E-state index is -1.17. The van der Waals surface area contributed by atoms with E-state index in [9.17, 15) is 24.0 Å². The van der Waals surface area contributed by atoms with Crippen molar-refractivity contribution in [1.29, 1.82) is 0 Å². The molecule has 0 unspecified atom stereocenters. The Morgan fingerprint density at radius 1 is 1.16 bits per heavy atom. The molecule has 4 amide bonds. The van der Waals surface area contributed by atoms with Gasteiger partial charge in [-0.05, 0) is 50.8 Å². The topological polar surface area (TPSA) is 179 Å². The number of rotatable bonds is 10. The van der Waals surface area contributed by atoms with E-state index >= 15 is 0 Å². The molecule has 0 radical (unpaired) electrons. The van der Waals surface area contributed by atoms with Crippen LogP contribution in [0.5, 0.6) is 5.75 Å². The summed E-state index contributed by atoms with van der Waals surface area (Å²) < 4.78 is 10.9. The summed E-state index contributed by atoms with van der Waals surface area (Å²) in [7, 11) is 1.51. The Balaban J connectivity index is 1.99. The van der Waals surface area contributed by atoms with Gasteiger partial charge >= 0.3 is 6.09 Å². The first-order chi connectivity index (χ1) is 20.8. The number of nitrogens with one attached hydrogen (secondary N) is 2. The fraction of sp³-hybridized carbons (Fsp3) is 0.613. The highest BCUT2D eigenvalue weighted by Crippen LogP contribution is 2.41. The number of nitrogens with two attached hydrogens (primary N) is 1. The van der Waals surface area contributed by atoms with Crippen molar-refractivity contribution in [3.05, 3.63) is 28.8 Å². The second-order valence-electron chi connectivity index (χ2n) is 13.5. The fourth-order valence-corrected chi connectivity index (χ4v) is 5.59. The van der Waals surface area contributed by atoms with Crippen LogP contribution in [-0.4, -0.2) is 83.2 Å². The number of primary amides is 1. The molecule has 0 aliphatic carbocycles. The standard InChI is InChI=1S/C31H44ClN5O8/c1-9-10-19(23(38)25(33)39)34-26(40)21-15-31(14-20(36-45-31)18-13-17(32)11-12-22(18)43-8)16-37(21)27(41)24(29(2,3)4)35-28(42)44-30(5,6)7/h11-13,19,21,24H,9-10,14-16H2,1-8H3,(H2,33,39)(H,34,40)(H,35,42)/t19-,21-,24+,31+/m0/s1. The van der Waals surface area contributed by atoms with E-state index in [0.717, 1.165) is 0 Å². The molecule has 248 valence electrons. The van der Waals surface area contributed by atoms with Crippen LogP contribution in [0.1, 0.15) is 79.7 Å². The largest absolute Gasteiger partial charge is 0.496 e. The Bertz CT molecular complexity index is 1370. The van der Waals surface area contributed by atoms with Crippen LogP contribution in [0.2, 0.25) is 5.02 Å². The van der Waals surface area contributed by atoms with E-state index in [0.29, 0.717) is 28.5 Å². The summed E-state index contributed by atoms with van der Waals surface area (Å²) >= 11 is 6.25. The number of benzene rings is 1. The van der Waals surface area contributed by atoms with Crippen LogP contribution in [0, 0.1) is 5.41 Å². The van der Waals surface area contributed by atoms with Gasteiger partial charge in [-0.2, -0.15) is 0 Å². The van der Waals surface area contributed by atoms with Crippen LogP contribution in [0.3, 0.4) is 0 Å². The van der Waals surface area contributed by atoms with Crippen LogP contribution in [0.4, 0.5) is 4.79 Å². The number of nitrogens with zero attached hydrogens (tertiary/aromatic N) is 2. The summed E-state index contributed by atoms with van der Waals surface area (Å²) in [5, 5.41) is 10.1. The van der Waals surface area contributed by atoms with E-state index in [-0.39, 0.29) is 25.8 Å². The zero-order valence-corrected chi connectivity index (χ0v) is 27.9. The van der Waals surface area contributed by atoms with E-state index in [4.69, 9.17) is 31.6 Å². The van der Waals surface area contributed by atoms with Crippen LogP contribution in [0.15, 0.2) is 23.4 Å².